The Hall–Kier alpha value is -2.34. The maximum absolute atomic E-state index is 14.5. The SMILES string of the molecule is C[C@@H]1CCCN(C(=O)c2c(F)cccc2-c2ncccn2)[C@H]1CN. The lowest BCUT2D eigenvalue weighted by Crippen LogP contribution is -2.51. The highest BCUT2D eigenvalue weighted by molar-refractivity contribution is 6.00. The second-order valence-electron chi connectivity index (χ2n) is 6.16. The monoisotopic (exact) mass is 328 g/mol. The molecule has 0 spiro atoms. The molecule has 2 heterocycles. The second-order valence-corrected chi connectivity index (χ2v) is 6.16. The van der Waals surface area contributed by atoms with Crippen LogP contribution in [0.3, 0.4) is 0 Å². The van der Waals surface area contributed by atoms with Crippen LogP contribution in [0, 0.1) is 11.7 Å². The van der Waals surface area contributed by atoms with E-state index in [1.54, 1.807) is 35.5 Å². The molecule has 1 saturated heterocycles. The molecule has 1 aliphatic heterocycles. The first-order valence-corrected chi connectivity index (χ1v) is 8.20. The molecular weight excluding hydrogens is 307 g/mol. The fraction of sp³-hybridized carbons (Fsp3) is 0.389. The highest BCUT2D eigenvalue weighted by atomic mass is 19.1. The van der Waals surface area contributed by atoms with E-state index in [1.165, 1.54) is 6.07 Å². The van der Waals surface area contributed by atoms with Gasteiger partial charge in [-0.2, -0.15) is 0 Å². The van der Waals surface area contributed by atoms with Gasteiger partial charge in [-0.15, -0.1) is 0 Å². The first kappa shape index (κ1) is 16.5. The van der Waals surface area contributed by atoms with E-state index in [0.29, 0.717) is 30.4 Å². The topological polar surface area (TPSA) is 72.1 Å². The molecular formula is C18H21FN4O. The third kappa shape index (κ3) is 3.01. The molecule has 1 fully saturated rings. The zero-order valence-corrected chi connectivity index (χ0v) is 13.7. The van der Waals surface area contributed by atoms with E-state index in [-0.39, 0.29) is 17.5 Å². The number of hydrogen-bond donors (Lipinski definition) is 1. The van der Waals surface area contributed by atoms with E-state index in [9.17, 15) is 9.18 Å². The summed E-state index contributed by atoms with van der Waals surface area (Å²) >= 11 is 0. The zero-order chi connectivity index (χ0) is 17.1. The number of hydrogen-bond acceptors (Lipinski definition) is 4. The second kappa shape index (κ2) is 7.05. The van der Waals surface area contributed by atoms with Crippen molar-refractivity contribution in [2.24, 2.45) is 11.7 Å². The van der Waals surface area contributed by atoms with Gasteiger partial charge in [-0.25, -0.2) is 14.4 Å². The molecule has 0 saturated carbocycles. The molecule has 1 aromatic heterocycles. The molecule has 3 rings (SSSR count). The number of rotatable bonds is 3. The molecule has 0 unspecified atom stereocenters. The predicted octanol–water partition coefficient (Wildman–Crippen LogP) is 2.48. The van der Waals surface area contributed by atoms with Crippen molar-refractivity contribution in [3.63, 3.8) is 0 Å². The summed E-state index contributed by atoms with van der Waals surface area (Å²) in [7, 11) is 0. The minimum atomic E-state index is -0.557. The molecule has 0 aliphatic carbocycles. The highest BCUT2D eigenvalue weighted by Gasteiger charge is 2.33. The van der Waals surface area contributed by atoms with Gasteiger partial charge in [-0.1, -0.05) is 19.1 Å². The summed E-state index contributed by atoms with van der Waals surface area (Å²) in [5.41, 5.74) is 6.31. The molecule has 2 aromatic rings. The summed E-state index contributed by atoms with van der Waals surface area (Å²) in [6, 6.07) is 6.15. The van der Waals surface area contributed by atoms with Gasteiger partial charge in [-0.3, -0.25) is 4.79 Å². The minimum Gasteiger partial charge on any atom is -0.334 e. The minimum absolute atomic E-state index is 0.0243. The van der Waals surface area contributed by atoms with Gasteiger partial charge in [0.2, 0.25) is 0 Å². The molecule has 6 heteroatoms. The number of carbonyl (C=O) groups excluding carboxylic acids is 1. The van der Waals surface area contributed by atoms with Gasteiger partial charge < -0.3 is 10.6 Å². The van der Waals surface area contributed by atoms with Crippen LogP contribution in [-0.4, -0.2) is 39.9 Å². The lowest BCUT2D eigenvalue weighted by atomic mass is 9.89. The molecule has 5 nitrogen and oxygen atoms in total. The maximum atomic E-state index is 14.5. The van der Waals surface area contributed by atoms with Gasteiger partial charge in [0.15, 0.2) is 5.82 Å². The van der Waals surface area contributed by atoms with Crippen molar-refractivity contribution in [1.82, 2.24) is 14.9 Å². The number of benzene rings is 1. The van der Waals surface area contributed by atoms with Crippen LogP contribution in [0.2, 0.25) is 0 Å². The Labute approximate surface area is 140 Å². The Morgan fingerprint density at radius 3 is 2.79 bits per heavy atom. The molecule has 0 radical (unpaired) electrons. The Balaban J connectivity index is 2.04. The molecule has 1 amide bonds. The number of nitrogens with two attached hydrogens (primary N) is 1. The molecule has 2 atom stereocenters. The number of aromatic nitrogens is 2. The van der Waals surface area contributed by atoms with Gasteiger partial charge in [0, 0.05) is 37.1 Å². The van der Waals surface area contributed by atoms with E-state index in [0.717, 1.165) is 12.8 Å². The van der Waals surface area contributed by atoms with E-state index in [1.807, 2.05) is 0 Å². The summed E-state index contributed by atoms with van der Waals surface area (Å²) in [6.45, 7) is 3.05. The fourth-order valence-corrected chi connectivity index (χ4v) is 3.37. The van der Waals surface area contributed by atoms with Crippen molar-refractivity contribution in [3.8, 4) is 11.4 Å². The lowest BCUT2D eigenvalue weighted by Gasteiger charge is -2.39. The molecule has 1 aromatic carbocycles. The normalized spacial score (nSPS) is 20.9. The van der Waals surface area contributed by atoms with Gasteiger partial charge >= 0.3 is 0 Å². The van der Waals surface area contributed by atoms with Crippen molar-refractivity contribution in [2.45, 2.75) is 25.8 Å². The van der Waals surface area contributed by atoms with Crippen LogP contribution in [0.1, 0.15) is 30.1 Å². The Morgan fingerprint density at radius 2 is 2.08 bits per heavy atom. The summed E-state index contributed by atoms with van der Waals surface area (Å²) in [5, 5.41) is 0. The Kier molecular flexibility index (Phi) is 4.85. The smallest absolute Gasteiger partial charge is 0.257 e. The van der Waals surface area contributed by atoms with Crippen LogP contribution >= 0.6 is 0 Å². The van der Waals surface area contributed by atoms with Crippen molar-refractivity contribution < 1.29 is 9.18 Å². The number of halogens is 1. The van der Waals surface area contributed by atoms with Gasteiger partial charge in [0.05, 0.1) is 5.56 Å². The summed E-state index contributed by atoms with van der Waals surface area (Å²) in [4.78, 5) is 23.1. The van der Waals surface area contributed by atoms with E-state index >= 15 is 0 Å². The first-order chi connectivity index (χ1) is 11.6. The van der Waals surface area contributed by atoms with Crippen LogP contribution in [0.15, 0.2) is 36.7 Å². The summed E-state index contributed by atoms with van der Waals surface area (Å²) in [5.74, 6) is -0.248. The predicted molar refractivity (Wildman–Crippen MR) is 89.7 cm³/mol. The summed E-state index contributed by atoms with van der Waals surface area (Å²) < 4.78 is 14.5. The van der Waals surface area contributed by atoms with Crippen LogP contribution in [0.4, 0.5) is 4.39 Å². The van der Waals surface area contributed by atoms with Crippen LogP contribution < -0.4 is 5.73 Å². The fourth-order valence-electron chi connectivity index (χ4n) is 3.37. The summed E-state index contributed by atoms with van der Waals surface area (Å²) in [6.07, 6.45) is 5.08. The molecule has 126 valence electrons. The molecule has 0 bridgehead atoms. The lowest BCUT2D eigenvalue weighted by molar-refractivity contribution is 0.0528. The average Bonchev–Trinajstić information content (AvgIpc) is 2.61. The first-order valence-electron chi connectivity index (χ1n) is 8.20. The number of amides is 1. The van der Waals surface area contributed by atoms with Crippen LogP contribution in [-0.2, 0) is 0 Å². The number of likely N-dealkylation sites (tertiary alicyclic amines) is 1. The van der Waals surface area contributed by atoms with E-state index in [4.69, 9.17) is 5.73 Å². The third-order valence-electron chi connectivity index (χ3n) is 4.65. The highest BCUT2D eigenvalue weighted by Crippen LogP contribution is 2.29. The van der Waals surface area contributed by atoms with Gasteiger partial charge in [0.25, 0.3) is 5.91 Å². The van der Waals surface area contributed by atoms with Crippen LogP contribution in [0.25, 0.3) is 11.4 Å². The molecule has 1 aliphatic rings. The quantitative estimate of drug-likeness (QED) is 0.939. The Morgan fingerprint density at radius 1 is 1.33 bits per heavy atom. The third-order valence-corrected chi connectivity index (χ3v) is 4.65. The van der Waals surface area contributed by atoms with E-state index in [2.05, 4.69) is 16.9 Å². The Bertz CT molecular complexity index is 722. The zero-order valence-electron chi connectivity index (χ0n) is 13.7. The molecule has 24 heavy (non-hydrogen) atoms. The van der Waals surface area contributed by atoms with Crippen molar-refractivity contribution >= 4 is 5.91 Å². The maximum Gasteiger partial charge on any atom is 0.257 e. The largest absolute Gasteiger partial charge is 0.334 e. The van der Waals surface area contributed by atoms with Gasteiger partial charge in [-0.05, 0) is 30.9 Å². The van der Waals surface area contributed by atoms with Crippen molar-refractivity contribution in [1.29, 1.82) is 0 Å². The number of carbonyl (C=O) groups is 1. The van der Waals surface area contributed by atoms with Crippen molar-refractivity contribution in [3.05, 3.63) is 48.0 Å². The standard InChI is InChI=1S/C18H21FN4O/c1-12-5-3-10-23(15(12)11-20)18(24)16-13(6-2-7-14(16)19)17-21-8-4-9-22-17/h2,4,6-9,12,15H,3,5,10-11,20H2,1H3/t12-,15+/m1/s1. The van der Waals surface area contributed by atoms with Crippen molar-refractivity contribution in [2.75, 3.05) is 13.1 Å². The number of piperidine rings is 1. The van der Waals surface area contributed by atoms with E-state index < -0.39 is 5.82 Å². The van der Waals surface area contributed by atoms with Crippen LogP contribution in [0.5, 0.6) is 0 Å². The number of nitrogens with zero attached hydrogens (tertiary/aromatic N) is 3. The van der Waals surface area contributed by atoms with Gasteiger partial charge in [0.1, 0.15) is 5.82 Å². The molecule has 2 N–H and O–H groups in total. The average molecular weight is 328 g/mol.